The highest BCUT2D eigenvalue weighted by Crippen LogP contribution is 2.28. The van der Waals surface area contributed by atoms with E-state index in [0.29, 0.717) is 10.7 Å². The quantitative estimate of drug-likeness (QED) is 0.928. The van der Waals surface area contributed by atoms with E-state index < -0.39 is 5.97 Å². The van der Waals surface area contributed by atoms with Crippen molar-refractivity contribution in [2.24, 2.45) is 0 Å². The second kappa shape index (κ2) is 5.75. The predicted octanol–water partition coefficient (Wildman–Crippen LogP) is 3.25. The third-order valence-corrected chi connectivity index (χ3v) is 3.38. The highest BCUT2D eigenvalue weighted by atomic mass is 32.2. The predicted molar refractivity (Wildman–Crippen MR) is 73.1 cm³/mol. The Bertz CT molecular complexity index is 596. The van der Waals surface area contributed by atoms with Gasteiger partial charge in [-0.2, -0.15) is 0 Å². The first-order chi connectivity index (χ1) is 9.08. The molecule has 1 aromatic heterocycles. The molecule has 98 valence electrons. The van der Waals surface area contributed by atoms with Crippen molar-refractivity contribution in [2.45, 2.75) is 16.8 Å². The van der Waals surface area contributed by atoms with Crippen LogP contribution in [0.4, 0.5) is 0 Å². The summed E-state index contributed by atoms with van der Waals surface area (Å²) in [5.41, 5.74) is 0.944. The normalized spacial score (nSPS) is 10.2. The molecule has 0 unspecified atom stereocenters. The molecule has 0 saturated heterocycles. The van der Waals surface area contributed by atoms with Crippen LogP contribution in [-0.4, -0.2) is 23.2 Å². The number of aromatic nitrogens is 1. The molecule has 2 rings (SSSR count). The van der Waals surface area contributed by atoms with Gasteiger partial charge in [-0.15, -0.1) is 0 Å². The third-order valence-electron chi connectivity index (χ3n) is 2.46. The van der Waals surface area contributed by atoms with E-state index in [0.717, 1.165) is 10.6 Å². The zero-order valence-electron chi connectivity index (χ0n) is 10.6. The second-order valence-electron chi connectivity index (χ2n) is 3.92. The maximum Gasteiger partial charge on any atom is 0.335 e. The summed E-state index contributed by atoms with van der Waals surface area (Å²) in [7, 11) is 1.61. The molecule has 0 fully saturated rings. The average molecular weight is 275 g/mol. The number of methoxy groups -OCH3 is 1. The summed E-state index contributed by atoms with van der Waals surface area (Å²) in [5, 5.41) is 9.68. The Hall–Kier alpha value is -2.01. The average Bonchev–Trinajstić information content (AvgIpc) is 2.39. The van der Waals surface area contributed by atoms with Crippen molar-refractivity contribution >= 4 is 17.7 Å². The van der Waals surface area contributed by atoms with Crippen molar-refractivity contribution < 1.29 is 14.6 Å². The first-order valence-corrected chi connectivity index (χ1v) is 6.44. The Labute approximate surface area is 115 Å². The molecule has 0 spiro atoms. The standard InChI is InChI=1S/C14H13NO3S/c1-9-7-10(14(16)17)8-13(15-9)19-12-5-3-11(18-2)4-6-12/h3-8H,1-2H3,(H,16,17). The van der Waals surface area contributed by atoms with Crippen LogP contribution in [-0.2, 0) is 0 Å². The number of hydrogen-bond acceptors (Lipinski definition) is 4. The summed E-state index contributed by atoms with van der Waals surface area (Å²) >= 11 is 1.42. The van der Waals surface area contributed by atoms with Gasteiger partial charge in [0, 0.05) is 10.6 Å². The van der Waals surface area contributed by atoms with Gasteiger partial charge in [-0.05, 0) is 43.3 Å². The van der Waals surface area contributed by atoms with E-state index in [1.807, 2.05) is 24.3 Å². The summed E-state index contributed by atoms with van der Waals surface area (Å²) < 4.78 is 5.09. The van der Waals surface area contributed by atoms with E-state index in [4.69, 9.17) is 9.84 Å². The molecular weight excluding hydrogens is 262 g/mol. The van der Waals surface area contributed by atoms with Gasteiger partial charge in [0.2, 0.25) is 0 Å². The maximum absolute atomic E-state index is 11.0. The summed E-state index contributed by atoms with van der Waals surface area (Å²) in [4.78, 5) is 16.3. The van der Waals surface area contributed by atoms with Crippen molar-refractivity contribution in [3.05, 3.63) is 47.7 Å². The minimum atomic E-state index is -0.943. The summed E-state index contributed by atoms with van der Waals surface area (Å²) in [6, 6.07) is 10.7. The van der Waals surface area contributed by atoms with E-state index in [-0.39, 0.29) is 5.56 Å². The Morgan fingerprint density at radius 1 is 1.26 bits per heavy atom. The SMILES string of the molecule is COc1ccc(Sc2cc(C(=O)O)cc(C)n2)cc1. The number of ether oxygens (including phenoxy) is 1. The zero-order valence-corrected chi connectivity index (χ0v) is 11.4. The zero-order chi connectivity index (χ0) is 13.8. The molecule has 1 heterocycles. The minimum absolute atomic E-state index is 0.253. The van der Waals surface area contributed by atoms with Crippen molar-refractivity contribution in [3.63, 3.8) is 0 Å². The summed E-state index contributed by atoms with van der Waals surface area (Å²) in [6.07, 6.45) is 0. The molecule has 0 aliphatic rings. The lowest BCUT2D eigenvalue weighted by Gasteiger charge is -2.05. The number of rotatable bonds is 4. The van der Waals surface area contributed by atoms with Crippen LogP contribution in [0, 0.1) is 6.92 Å². The molecule has 0 radical (unpaired) electrons. The first-order valence-electron chi connectivity index (χ1n) is 5.62. The molecule has 1 aromatic carbocycles. The minimum Gasteiger partial charge on any atom is -0.497 e. The van der Waals surface area contributed by atoms with Gasteiger partial charge in [0.25, 0.3) is 0 Å². The van der Waals surface area contributed by atoms with Crippen LogP contribution in [0.15, 0.2) is 46.3 Å². The fourth-order valence-electron chi connectivity index (χ4n) is 1.58. The van der Waals surface area contributed by atoms with Gasteiger partial charge in [0.05, 0.1) is 12.7 Å². The van der Waals surface area contributed by atoms with E-state index in [9.17, 15) is 4.79 Å². The van der Waals surface area contributed by atoms with Gasteiger partial charge in [0.15, 0.2) is 0 Å². The molecule has 0 atom stereocenters. The number of carboxylic acids is 1. The number of carboxylic acid groups (broad SMARTS) is 1. The van der Waals surface area contributed by atoms with Gasteiger partial charge in [-0.3, -0.25) is 0 Å². The number of nitrogens with zero attached hydrogens (tertiary/aromatic N) is 1. The van der Waals surface area contributed by atoms with Crippen LogP contribution in [0.2, 0.25) is 0 Å². The number of aromatic carboxylic acids is 1. The molecule has 2 aromatic rings. The van der Waals surface area contributed by atoms with Crippen LogP contribution >= 0.6 is 11.8 Å². The third kappa shape index (κ3) is 3.48. The topological polar surface area (TPSA) is 59.4 Å². The summed E-state index contributed by atoms with van der Waals surface area (Å²) in [5.74, 6) is -0.158. The molecule has 1 N–H and O–H groups in total. The van der Waals surface area contributed by atoms with Gasteiger partial charge in [0.1, 0.15) is 10.8 Å². The van der Waals surface area contributed by atoms with E-state index in [2.05, 4.69) is 4.98 Å². The molecule has 5 heteroatoms. The van der Waals surface area contributed by atoms with Crippen molar-refractivity contribution in [1.29, 1.82) is 0 Å². The van der Waals surface area contributed by atoms with Crippen LogP contribution in [0.25, 0.3) is 0 Å². The maximum atomic E-state index is 11.0. The molecule has 4 nitrogen and oxygen atoms in total. The molecule has 0 saturated carbocycles. The Kier molecular flexibility index (Phi) is 4.06. The fraction of sp³-hybridized carbons (Fsp3) is 0.143. The van der Waals surface area contributed by atoms with E-state index >= 15 is 0 Å². The Morgan fingerprint density at radius 3 is 2.53 bits per heavy atom. The molecular formula is C14H13NO3S. The van der Waals surface area contributed by atoms with E-state index in [1.54, 1.807) is 26.2 Å². The van der Waals surface area contributed by atoms with Crippen LogP contribution in [0.1, 0.15) is 16.1 Å². The van der Waals surface area contributed by atoms with E-state index in [1.165, 1.54) is 11.8 Å². The highest BCUT2D eigenvalue weighted by Gasteiger charge is 2.08. The molecule has 19 heavy (non-hydrogen) atoms. The van der Waals surface area contributed by atoms with Gasteiger partial charge in [-0.25, -0.2) is 9.78 Å². The number of carbonyl (C=O) groups is 1. The van der Waals surface area contributed by atoms with Gasteiger partial charge < -0.3 is 9.84 Å². The highest BCUT2D eigenvalue weighted by molar-refractivity contribution is 7.99. The summed E-state index contributed by atoms with van der Waals surface area (Å²) in [6.45, 7) is 1.78. The van der Waals surface area contributed by atoms with Crippen LogP contribution < -0.4 is 4.74 Å². The number of benzene rings is 1. The van der Waals surface area contributed by atoms with Crippen molar-refractivity contribution in [2.75, 3.05) is 7.11 Å². The molecule has 0 aliphatic carbocycles. The largest absolute Gasteiger partial charge is 0.497 e. The monoisotopic (exact) mass is 275 g/mol. The lowest BCUT2D eigenvalue weighted by atomic mass is 10.2. The van der Waals surface area contributed by atoms with Crippen LogP contribution in [0.3, 0.4) is 0 Å². The molecule has 0 aliphatic heterocycles. The second-order valence-corrected chi connectivity index (χ2v) is 5.01. The number of aryl methyl sites for hydroxylation is 1. The smallest absolute Gasteiger partial charge is 0.335 e. The van der Waals surface area contributed by atoms with Gasteiger partial charge in [-0.1, -0.05) is 11.8 Å². The first kappa shape index (κ1) is 13.4. The van der Waals surface area contributed by atoms with Crippen molar-refractivity contribution in [3.8, 4) is 5.75 Å². The van der Waals surface area contributed by atoms with Crippen molar-refractivity contribution in [1.82, 2.24) is 4.98 Å². The lowest BCUT2D eigenvalue weighted by Crippen LogP contribution is -1.98. The fourth-order valence-corrected chi connectivity index (χ4v) is 2.47. The Balaban J connectivity index is 2.24. The molecule has 0 bridgehead atoms. The van der Waals surface area contributed by atoms with Crippen LogP contribution in [0.5, 0.6) is 5.75 Å². The Morgan fingerprint density at radius 2 is 1.95 bits per heavy atom. The lowest BCUT2D eigenvalue weighted by molar-refractivity contribution is 0.0696. The number of pyridine rings is 1. The molecule has 0 amide bonds. The number of hydrogen-bond donors (Lipinski definition) is 1. The van der Waals surface area contributed by atoms with Gasteiger partial charge >= 0.3 is 5.97 Å².